The first-order valence-electron chi connectivity index (χ1n) is 7.75. The molecule has 0 fully saturated rings. The molecular formula is C19H19FO3. The van der Waals surface area contributed by atoms with Gasteiger partial charge in [-0.25, -0.2) is 4.39 Å². The highest BCUT2D eigenvalue weighted by Crippen LogP contribution is 2.38. The van der Waals surface area contributed by atoms with Crippen LogP contribution in [0.5, 0.6) is 5.75 Å². The van der Waals surface area contributed by atoms with E-state index in [4.69, 9.17) is 9.47 Å². The molecule has 0 unspecified atom stereocenters. The zero-order valence-electron chi connectivity index (χ0n) is 13.0. The lowest BCUT2D eigenvalue weighted by Gasteiger charge is -2.31. The molecule has 0 aromatic heterocycles. The molecule has 0 bridgehead atoms. The molecule has 0 saturated heterocycles. The van der Waals surface area contributed by atoms with Crippen molar-refractivity contribution in [2.75, 3.05) is 7.11 Å². The molecule has 2 aromatic rings. The third kappa shape index (κ3) is 3.52. The summed E-state index contributed by atoms with van der Waals surface area (Å²) in [6.45, 7) is 0. The summed E-state index contributed by atoms with van der Waals surface area (Å²) in [6, 6.07) is 14.5. The Balaban J connectivity index is 1.77. The molecule has 3 nitrogen and oxygen atoms in total. The number of ether oxygens (including phenoxy) is 2. The average molecular weight is 314 g/mol. The van der Waals surface area contributed by atoms with Crippen molar-refractivity contribution < 1.29 is 18.7 Å². The first-order chi connectivity index (χ1) is 11.2. The van der Waals surface area contributed by atoms with Crippen molar-refractivity contribution in [2.45, 2.75) is 31.3 Å². The van der Waals surface area contributed by atoms with E-state index in [1.54, 1.807) is 6.07 Å². The lowest BCUT2D eigenvalue weighted by Crippen LogP contribution is -2.30. The number of methoxy groups -OCH3 is 1. The van der Waals surface area contributed by atoms with E-state index in [1.807, 2.05) is 18.2 Å². The molecule has 0 amide bonds. The fourth-order valence-electron chi connectivity index (χ4n) is 3.03. The second kappa shape index (κ2) is 6.82. The summed E-state index contributed by atoms with van der Waals surface area (Å²) < 4.78 is 24.3. The highest BCUT2D eigenvalue weighted by molar-refractivity contribution is 5.79. The normalized spacial score (nSPS) is 19.6. The zero-order valence-corrected chi connectivity index (χ0v) is 13.0. The lowest BCUT2D eigenvalue weighted by atomic mass is 9.88. The summed E-state index contributed by atoms with van der Waals surface area (Å²) in [7, 11) is 1.36. The third-order valence-corrected chi connectivity index (χ3v) is 4.22. The van der Waals surface area contributed by atoms with E-state index in [2.05, 4.69) is 12.1 Å². The molecule has 0 spiro atoms. The number of aryl methyl sites for hydroxylation is 1. The Bertz CT molecular complexity index is 684. The second-order valence-corrected chi connectivity index (χ2v) is 5.76. The van der Waals surface area contributed by atoms with E-state index < -0.39 is 5.92 Å². The van der Waals surface area contributed by atoms with Gasteiger partial charge in [0.2, 0.25) is 0 Å². The Hall–Kier alpha value is -2.36. The van der Waals surface area contributed by atoms with Gasteiger partial charge in [0.05, 0.1) is 13.0 Å². The number of carbonyl (C=O) groups is 1. The predicted octanol–water partition coefficient (Wildman–Crippen LogP) is 3.87. The number of rotatable bonds is 4. The topological polar surface area (TPSA) is 35.5 Å². The van der Waals surface area contributed by atoms with Crippen LogP contribution in [0.4, 0.5) is 4.39 Å². The standard InChI is InChI=1S/C19H19FO3/c1-22-19(21)17-12-15(9-7-13-5-3-2-4-6-13)23-18-10-8-14(20)11-16(17)18/h2-6,8,10-11,15,17H,7,9,12H2,1H3/t15-,17-/m0/s1. The number of benzene rings is 2. The van der Waals surface area contributed by atoms with E-state index in [0.717, 1.165) is 12.8 Å². The minimum absolute atomic E-state index is 0.0859. The van der Waals surface area contributed by atoms with E-state index in [1.165, 1.54) is 24.8 Å². The molecule has 1 aliphatic heterocycles. The van der Waals surface area contributed by atoms with Crippen molar-refractivity contribution in [1.29, 1.82) is 0 Å². The van der Waals surface area contributed by atoms with Crippen molar-refractivity contribution in [3.8, 4) is 5.75 Å². The van der Waals surface area contributed by atoms with E-state index in [0.29, 0.717) is 17.7 Å². The fourth-order valence-corrected chi connectivity index (χ4v) is 3.03. The molecule has 3 rings (SSSR count). The monoisotopic (exact) mass is 314 g/mol. The van der Waals surface area contributed by atoms with Crippen molar-refractivity contribution in [1.82, 2.24) is 0 Å². The molecule has 1 heterocycles. The number of hydrogen-bond donors (Lipinski definition) is 0. The highest BCUT2D eigenvalue weighted by Gasteiger charge is 2.33. The Kier molecular flexibility index (Phi) is 4.60. The number of halogens is 1. The zero-order chi connectivity index (χ0) is 16.2. The third-order valence-electron chi connectivity index (χ3n) is 4.22. The van der Waals surface area contributed by atoms with Gasteiger partial charge in [-0.1, -0.05) is 30.3 Å². The van der Waals surface area contributed by atoms with E-state index in [9.17, 15) is 9.18 Å². The smallest absolute Gasteiger partial charge is 0.313 e. The summed E-state index contributed by atoms with van der Waals surface area (Å²) in [6.07, 6.45) is 2.09. The SMILES string of the molecule is COC(=O)[C@H]1C[C@H](CCc2ccccc2)Oc2ccc(F)cc21. The summed E-state index contributed by atoms with van der Waals surface area (Å²) in [5.41, 5.74) is 1.81. The minimum Gasteiger partial charge on any atom is -0.490 e. The minimum atomic E-state index is -0.472. The Morgan fingerprint density at radius 1 is 1.26 bits per heavy atom. The van der Waals surface area contributed by atoms with Crippen LogP contribution in [0, 0.1) is 5.82 Å². The summed E-state index contributed by atoms with van der Waals surface area (Å²) in [5, 5.41) is 0. The average Bonchev–Trinajstić information content (AvgIpc) is 2.59. The molecule has 1 aliphatic rings. The van der Waals surface area contributed by atoms with E-state index in [-0.39, 0.29) is 17.9 Å². The molecule has 2 aromatic carbocycles. The van der Waals surface area contributed by atoms with Gasteiger partial charge in [0, 0.05) is 12.0 Å². The first-order valence-corrected chi connectivity index (χ1v) is 7.75. The number of carbonyl (C=O) groups excluding carboxylic acids is 1. The maximum atomic E-state index is 13.5. The van der Waals surface area contributed by atoms with Crippen molar-refractivity contribution >= 4 is 5.97 Å². The second-order valence-electron chi connectivity index (χ2n) is 5.76. The molecule has 0 aliphatic carbocycles. The molecule has 0 radical (unpaired) electrons. The molecule has 4 heteroatoms. The molecular weight excluding hydrogens is 295 g/mol. The first kappa shape index (κ1) is 15.5. The fraction of sp³-hybridized carbons (Fsp3) is 0.316. The Morgan fingerprint density at radius 3 is 2.78 bits per heavy atom. The van der Waals surface area contributed by atoms with Gasteiger partial charge < -0.3 is 9.47 Å². The van der Waals surface area contributed by atoms with E-state index >= 15 is 0 Å². The number of fused-ring (bicyclic) bond motifs is 1. The van der Waals surface area contributed by atoms with Gasteiger partial charge in [-0.3, -0.25) is 4.79 Å². The van der Waals surface area contributed by atoms with Crippen LogP contribution in [-0.2, 0) is 16.0 Å². The summed E-state index contributed by atoms with van der Waals surface area (Å²) >= 11 is 0. The summed E-state index contributed by atoms with van der Waals surface area (Å²) in [4.78, 5) is 12.1. The van der Waals surface area contributed by atoms with Gasteiger partial charge in [0.1, 0.15) is 17.7 Å². The predicted molar refractivity (Wildman–Crippen MR) is 85.0 cm³/mol. The molecule has 2 atom stereocenters. The van der Waals surface area contributed by atoms with Crippen LogP contribution in [0.2, 0.25) is 0 Å². The molecule has 120 valence electrons. The molecule has 23 heavy (non-hydrogen) atoms. The van der Waals surface area contributed by atoms with Crippen LogP contribution in [0.1, 0.15) is 29.9 Å². The van der Waals surface area contributed by atoms with Gasteiger partial charge in [-0.15, -0.1) is 0 Å². The van der Waals surface area contributed by atoms with Crippen molar-refractivity contribution in [3.63, 3.8) is 0 Å². The largest absolute Gasteiger partial charge is 0.490 e. The van der Waals surface area contributed by atoms with Crippen LogP contribution in [0.15, 0.2) is 48.5 Å². The highest BCUT2D eigenvalue weighted by atomic mass is 19.1. The number of esters is 1. The summed E-state index contributed by atoms with van der Waals surface area (Å²) in [5.74, 6) is -0.611. The molecule has 0 saturated carbocycles. The Labute approximate surface area is 135 Å². The van der Waals surface area contributed by atoms with Gasteiger partial charge >= 0.3 is 5.97 Å². The van der Waals surface area contributed by atoms with Crippen LogP contribution < -0.4 is 4.74 Å². The van der Waals surface area contributed by atoms with Crippen molar-refractivity contribution in [2.24, 2.45) is 0 Å². The lowest BCUT2D eigenvalue weighted by molar-refractivity contribution is -0.143. The molecule has 0 N–H and O–H groups in total. The van der Waals surface area contributed by atoms with Gasteiger partial charge in [-0.05, 0) is 36.6 Å². The van der Waals surface area contributed by atoms with Gasteiger partial charge in [0.25, 0.3) is 0 Å². The van der Waals surface area contributed by atoms with Crippen LogP contribution in [0.25, 0.3) is 0 Å². The van der Waals surface area contributed by atoms with Gasteiger partial charge in [-0.2, -0.15) is 0 Å². The van der Waals surface area contributed by atoms with Crippen molar-refractivity contribution in [3.05, 3.63) is 65.5 Å². The van der Waals surface area contributed by atoms with Gasteiger partial charge in [0.15, 0.2) is 0 Å². The quantitative estimate of drug-likeness (QED) is 0.804. The number of hydrogen-bond acceptors (Lipinski definition) is 3. The van der Waals surface area contributed by atoms with Crippen LogP contribution >= 0.6 is 0 Å². The maximum absolute atomic E-state index is 13.5. The Morgan fingerprint density at radius 2 is 2.04 bits per heavy atom. The van der Waals surface area contributed by atoms with Crippen LogP contribution in [-0.4, -0.2) is 19.2 Å². The maximum Gasteiger partial charge on any atom is 0.313 e. The van der Waals surface area contributed by atoms with Crippen LogP contribution in [0.3, 0.4) is 0 Å².